The average Bonchev–Trinajstić information content (AvgIpc) is 2.89. The minimum atomic E-state index is -0.396. The second-order valence-electron chi connectivity index (χ2n) is 8.17. The highest BCUT2D eigenvalue weighted by Crippen LogP contribution is 2.39. The standard InChI is InChI=1S/C29H19ClN2O3/c1-18-23(21-12-13-32-27(14-21)31-15-22(17-34)29(32)35)4-2-5-24(18)26-7-3-6-25(28(26)30)20-10-8-19(16-33)9-11-20/h2-17H,1H3. The average molecular weight is 479 g/mol. The smallest absolute Gasteiger partial charge is 0.268 e. The number of halogens is 1. The van der Waals surface area contributed by atoms with Crippen LogP contribution in [-0.2, 0) is 0 Å². The van der Waals surface area contributed by atoms with Crippen molar-refractivity contribution in [2.24, 2.45) is 0 Å². The molecule has 3 aromatic carbocycles. The Hall–Kier alpha value is -4.35. The van der Waals surface area contributed by atoms with E-state index >= 15 is 0 Å². The van der Waals surface area contributed by atoms with Crippen LogP contribution in [0.2, 0.25) is 5.02 Å². The lowest BCUT2D eigenvalue weighted by molar-refractivity contribution is 0.111. The zero-order valence-corrected chi connectivity index (χ0v) is 19.5. The van der Waals surface area contributed by atoms with E-state index in [9.17, 15) is 14.4 Å². The van der Waals surface area contributed by atoms with Crippen LogP contribution in [0, 0.1) is 6.92 Å². The Balaban J connectivity index is 1.61. The summed E-state index contributed by atoms with van der Waals surface area (Å²) >= 11 is 6.90. The molecule has 0 atom stereocenters. The lowest BCUT2D eigenvalue weighted by Gasteiger charge is -2.15. The van der Waals surface area contributed by atoms with Gasteiger partial charge in [-0.1, -0.05) is 72.3 Å². The number of hydrogen-bond donors (Lipinski definition) is 0. The van der Waals surface area contributed by atoms with Crippen molar-refractivity contribution in [2.75, 3.05) is 0 Å². The highest BCUT2D eigenvalue weighted by molar-refractivity contribution is 6.36. The number of hydrogen-bond acceptors (Lipinski definition) is 4. The summed E-state index contributed by atoms with van der Waals surface area (Å²) in [4.78, 5) is 38.7. The van der Waals surface area contributed by atoms with Gasteiger partial charge in [0, 0.05) is 29.1 Å². The van der Waals surface area contributed by atoms with Crippen LogP contribution in [0.25, 0.3) is 39.0 Å². The van der Waals surface area contributed by atoms with Gasteiger partial charge >= 0.3 is 0 Å². The number of carbonyl (C=O) groups is 2. The van der Waals surface area contributed by atoms with Gasteiger partial charge in [0.05, 0.1) is 10.6 Å². The predicted molar refractivity (Wildman–Crippen MR) is 138 cm³/mol. The van der Waals surface area contributed by atoms with Crippen LogP contribution in [0.5, 0.6) is 0 Å². The van der Waals surface area contributed by atoms with E-state index in [-0.39, 0.29) is 5.56 Å². The highest BCUT2D eigenvalue weighted by Gasteiger charge is 2.15. The van der Waals surface area contributed by atoms with Gasteiger partial charge in [0.15, 0.2) is 6.29 Å². The lowest BCUT2D eigenvalue weighted by Crippen LogP contribution is -2.18. The predicted octanol–water partition coefficient (Wildman–Crippen LogP) is 6.28. The first-order valence-electron chi connectivity index (χ1n) is 10.9. The molecule has 0 saturated carbocycles. The SMILES string of the molecule is Cc1c(-c2ccn3c(=O)c(C=O)cnc3c2)cccc1-c1cccc(-c2ccc(C=O)cc2)c1Cl. The Morgan fingerprint density at radius 1 is 0.800 bits per heavy atom. The summed E-state index contributed by atoms with van der Waals surface area (Å²) in [6, 6.07) is 22.9. The summed E-state index contributed by atoms with van der Waals surface area (Å²) in [5.74, 6) is 0. The van der Waals surface area contributed by atoms with Crippen LogP contribution >= 0.6 is 11.6 Å². The van der Waals surface area contributed by atoms with Crippen LogP contribution in [-0.4, -0.2) is 22.0 Å². The van der Waals surface area contributed by atoms with Crippen molar-refractivity contribution >= 4 is 29.8 Å². The van der Waals surface area contributed by atoms with E-state index in [1.54, 1.807) is 18.3 Å². The molecule has 0 saturated heterocycles. The van der Waals surface area contributed by atoms with Crippen molar-refractivity contribution in [1.29, 1.82) is 0 Å². The zero-order chi connectivity index (χ0) is 24.5. The molecule has 0 amide bonds. The van der Waals surface area contributed by atoms with Crippen molar-refractivity contribution in [2.45, 2.75) is 6.92 Å². The van der Waals surface area contributed by atoms with Crippen molar-refractivity contribution in [3.63, 3.8) is 0 Å². The molecule has 0 bridgehead atoms. The van der Waals surface area contributed by atoms with Gasteiger partial charge in [-0.15, -0.1) is 0 Å². The maximum atomic E-state index is 12.4. The molecule has 0 N–H and O–H groups in total. The highest BCUT2D eigenvalue weighted by atomic mass is 35.5. The monoisotopic (exact) mass is 478 g/mol. The molecule has 0 aliphatic heterocycles. The van der Waals surface area contributed by atoms with Gasteiger partial charge < -0.3 is 0 Å². The maximum Gasteiger partial charge on any atom is 0.268 e. The Morgan fingerprint density at radius 3 is 2.20 bits per heavy atom. The van der Waals surface area contributed by atoms with Gasteiger partial charge in [0.1, 0.15) is 11.9 Å². The molecule has 6 heteroatoms. The van der Waals surface area contributed by atoms with Crippen LogP contribution < -0.4 is 5.56 Å². The van der Waals surface area contributed by atoms with Crippen LogP contribution in [0.3, 0.4) is 0 Å². The largest absolute Gasteiger partial charge is 0.298 e. The maximum absolute atomic E-state index is 12.4. The third kappa shape index (κ3) is 3.96. The Kier molecular flexibility index (Phi) is 5.85. The summed E-state index contributed by atoms with van der Waals surface area (Å²) in [6.07, 6.45) is 4.26. The van der Waals surface area contributed by atoms with E-state index in [1.807, 2.05) is 67.6 Å². The van der Waals surface area contributed by atoms with E-state index in [0.717, 1.165) is 45.2 Å². The van der Waals surface area contributed by atoms with Gasteiger partial charge in [-0.2, -0.15) is 0 Å². The first-order chi connectivity index (χ1) is 17.0. The third-order valence-corrected chi connectivity index (χ3v) is 6.56. The Labute approximate surface area is 206 Å². The second-order valence-corrected chi connectivity index (χ2v) is 8.54. The molecule has 35 heavy (non-hydrogen) atoms. The molecule has 0 unspecified atom stereocenters. The second kappa shape index (κ2) is 9.12. The molecule has 0 radical (unpaired) electrons. The van der Waals surface area contributed by atoms with Gasteiger partial charge in [-0.05, 0) is 46.9 Å². The first kappa shape index (κ1) is 22.4. The first-order valence-corrected chi connectivity index (χ1v) is 11.3. The van der Waals surface area contributed by atoms with E-state index < -0.39 is 5.56 Å². The minimum Gasteiger partial charge on any atom is -0.298 e. The van der Waals surface area contributed by atoms with Crippen molar-refractivity contribution in [3.8, 4) is 33.4 Å². The normalized spacial score (nSPS) is 10.9. The minimum absolute atomic E-state index is 0.0174. The molecule has 5 rings (SSSR count). The van der Waals surface area contributed by atoms with Crippen LogP contribution in [0.1, 0.15) is 26.3 Å². The molecule has 0 aliphatic carbocycles. The molecule has 0 spiro atoms. The molecule has 170 valence electrons. The molecular formula is C29H19ClN2O3. The Bertz CT molecular complexity index is 1670. The number of nitrogens with zero attached hydrogens (tertiary/aromatic N) is 2. The molecule has 2 heterocycles. The van der Waals surface area contributed by atoms with E-state index in [2.05, 4.69) is 4.98 Å². The number of aldehydes is 2. The number of fused-ring (bicyclic) bond motifs is 1. The summed E-state index contributed by atoms with van der Waals surface area (Å²) in [6.45, 7) is 2.03. The van der Waals surface area contributed by atoms with Gasteiger partial charge in [0.2, 0.25) is 0 Å². The number of rotatable bonds is 5. The lowest BCUT2D eigenvalue weighted by atomic mass is 9.91. The van der Waals surface area contributed by atoms with Gasteiger partial charge in [-0.3, -0.25) is 18.8 Å². The topological polar surface area (TPSA) is 68.5 Å². The summed E-state index contributed by atoms with van der Waals surface area (Å²) in [5.41, 5.74) is 7.29. The fourth-order valence-electron chi connectivity index (χ4n) is 4.28. The fourth-order valence-corrected chi connectivity index (χ4v) is 4.62. The van der Waals surface area contributed by atoms with E-state index in [4.69, 9.17) is 11.6 Å². The quantitative estimate of drug-likeness (QED) is 0.279. The van der Waals surface area contributed by atoms with E-state index in [0.29, 0.717) is 22.5 Å². The number of benzene rings is 3. The van der Waals surface area contributed by atoms with Crippen molar-refractivity contribution < 1.29 is 9.59 Å². The van der Waals surface area contributed by atoms with Crippen molar-refractivity contribution in [1.82, 2.24) is 9.38 Å². The van der Waals surface area contributed by atoms with Crippen LogP contribution in [0.15, 0.2) is 90.0 Å². The molecule has 5 aromatic rings. The zero-order valence-electron chi connectivity index (χ0n) is 18.7. The number of carbonyl (C=O) groups excluding carboxylic acids is 2. The fraction of sp³-hybridized carbons (Fsp3) is 0.0345. The molecule has 0 aliphatic rings. The third-order valence-electron chi connectivity index (χ3n) is 6.15. The molecular weight excluding hydrogens is 460 g/mol. The number of pyridine rings is 1. The molecule has 2 aromatic heterocycles. The summed E-state index contributed by atoms with van der Waals surface area (Å²) < 4.78 is 1.36. The molecule has 5 nitrogen and oxygen atoms in total. The van der Waals surface area contributed by atoms with Gasteiger partial charge in [-0.25, -0.2) is 4.98 Å². The van der Waals surface area contributed by atoms with Crippen LogP contribution in [0.4, 0.5) is 0 Å². The number of aromatic nitrogens is 2. The Morgan fingerprint density at radius 2 is 1.49 bits per heavy atom. The summed E-state index contributed by atoms with van der Waals surface area (Å²) in [5, 5.41) is 0.625. The van der Waals surface area contributed by atoms with E-state index in [1.165, 1.54) is 10.6 Å². The molecule has 0 fully saturated rings. The summed E-state index contributed by atoms with van der Waals surface area (Å²) in [7, 11) is 0. The van der Waals surface area contributed by atoms with Crippen molar-refractivity contribution in [3.05, 3.63) is 117 Å². The van der Waals surface area contributed by atoms with Gasteiger partial charge in [0.25, 0.3) is 5.56 Å².